The molecule has 0 unspecified atom stereocenters. The maximum absolute atomic E-state index is 5.82. The first-order valence-corrected chi connectivity index (χ1v) is 7.88. The Balaban J connectivity index is 1.63. The van der Waals surface area contributed by atoms with Gasteiger partial charge in [0.25, 0.3) is 0 Å². The van der Waals surface area contributed by atoms with Crippen molar-refractivity contribution in [2.45, 2.75) is 25.3 Å². The van der Waals surface area contributed by atoms with Gasteiger partial charge in [-0.2, -0.15) is 0 Å². The molecule has 0 bridgehead atoms. The molecule has 0 aliphatic carbocycles. The van der Waals surface area contributed by atoms with E-state index >= 15 is 0 Å². The molecule has 5 heteroatoms. The lowest BCUT2D eigenvalue weighted by molar-refractivity contribution is 0.118. The molecule has 0 radical (unpaired) electrons. The molecule has 0 spiro atoms. The lowest BCUT2D eigenvalue weighted by Crippen LogP contribution is -1.97. The summed E-state index contributed by atoms with van der Waals surface area (Å²) in [5.74, 6) is 0.490. The van der Waals surface area contributed by atoms with Crippen LogP contribution >= 0.6 is 34.5 Å². The number of ether oxygens (including phenoxy) is 1. The van der Waals surface area contributed by atoms with Crippen molar-refractivity contribution >= 4 is 34.5 Å². The highest BCUT2D eigenvalue weighted by Gasteiger charge is 2.01. The van der Waals surface area contributed by atoms with E-state index in [0.717, 1.165) is 40.7 Å². The van der Waals surface area contributed by atoms with Crippen LogP contribution in [-0.2, 0) is 23.6 Å². The Hall–Kier alpha value is -0.610. The summed E-state index contributed by atoms with van der Waals surface area (Å²) in [5, 5.41) is 3.89. The molecule has 2 aromatic rings. The van der Waals surface area contributed by atoms with E-state index in [0.29, 0.717) is 12.5 Å². The summed E-state index contributed by atoms with van der Waals surface area (Å²) in [6, 6.07) is 7.72. The third kappa shape index (κ3) is 5.11. The van der Waals surface area contributed by atoms with E-state index in [1.807, 2.05) is 29.6 Å². The van der Waals surface area contributed by atoms with Crippen molar-refractivity contribution in [3.8, 4) is 0 Å². The number of aromatic nitrogens is 1. The molecule has 1 aromatic heterocycles. The second-order valence-corrected chi connectivity index (χ2v) is 5.80. The van der Waals surface area contributed by atoms with E-state index < -0.39 is 0 Å². The second-order valence-electron chi connectivity index (χ2n) is 4.15. The molecule has 0 fully saturated rings. The normalized spacial score (nSPS) is 10.8. The van der Waals surface area contributed by atoms with Crippen molar-refractivity contribution in [2.75, 3.05) is 6.61 Å². The average molecular weight is 316 g/mol. The number of hydrogen-bond donors (Lipinski definition) is 0. The van der Waals surface area contributed by atoms with Crippen molar-refractivity contribution in [3.63, 3.8) is 0 Å². The van der Waals surface area contributed by atoms with Crippen molar-refractivity contribution in [1.29, 1.82) is 0 Å². The van der Waals surface area contributed by atoms with Crippen LogP contribution in [0.25, 0.3) is 0 Å². The van der Waals surface area contributed by atoms with Gasteiger partial charge in [0.05, 0.1) is 23.2 Å². The first-order valence-electron chi connectivity index (χ1n) is 6.09. The fourth-order valence-corrected chi connectivity index (χ4v) is 2.82. The number of halogens is 2. The Morgan fingerprint density at radius 3 is 2.68 bits per heavy atom. The van der Waals surface area contributed by atoms with Crippen molar-refractivity contribution in [1.82, 2.24) is 4.98 Å². The second kappa shape index (κ2) is 7.85. The van der Waals surface area contributed by atoms with Gasteiger partial charge in [-0.25, -0.2) is 4.98 Å². The molecule has 19 heavy (non-hydrogen) atoms. The Morgan fingerprint density at radius 2 is 2.00 bits per heavy atom. The first-order chi connectivity index (χ1) is 9.28. The first kappa shape index (κ1) is 14.8. The summed E-state index contributed by atoms with van der Waals surface area (Å²) in [4.78, 5) is 4.41. The molecule has 1 aromatic carbocycles. The highest BCUT2D eigenvalue weighted by molar-refractivity contribution is 7.09. The minimum atomic E-state index is 0.490. The van der Waals surface area contributed by atoms with Gasteiger partial charge in [-0.3, -0.25) is 0 Å². The minimum Gasteiger partial charge on any atom is -0.377 e. The van der Waals surface area contributed by atoms with Crippen LogP contribution in [0.1, 0.15) is 22.7 Å². The summed E-state index contributed by atoms with van der Waals surface area (Å²) in [6.45, 7) is 1.36. The molecule has 0 amide bonds. The summed E-state index contributed by atoms with van der Waals surface area (Å²) in [7, 11) is 0. The zero-order chi connectivity index (χ0) is 13.5. The molecular formula is C14H15Cl2NOS. The van der Waals surface area contributed by atoms with Gasteiger partial charge >= 0.3 is 0 Å². The third-order valence-corrected chi connectivity index (χ3v) is 4.08. The zero-order valence-corrected chi connectivity index (χ0v) is 12.8. The molecule has 2 nitrogen and oxygen atoms in total. The number of benzene rings is 1. The monoisotopic (exact) mass is 315 g/mol. The minimum absolute atomic E-state index is 0.490. The zero-order valence-electron chi connectivity index (χ0n) is 10.4. The van der Waals surface area contributed by atoms with Crippen LogP contribution < -0.4 is 0 Å². The summed E-state index contributed by atoms with van der Waals surface area (Å²) < 4.78 is 5.62. The quantitative estimate of drug-likeness (QED) is 0.546. The van der Waals surface area contributed by atoms with Gasteiger partial charge < -0.3 is 4.74 Å². The Kier molecular flexibility index (Phi) is 6.11. The Bertz CT molecular complexity index is 498. The van der Waals surface area contributed by atoms with Crippen LogP contribution in [0.5, 0.6) is 0 Å². The fourth-order valence-electron chi connectivity index (χ4n) is 1.62. The largest absolute Gasteiger partial charge is 0.377 e. The summed E-state index contributed by atoms with van der Waals surface area (Å²) >= 11 is 13.2. The summed E-state index contributed by atoms with van der Waals surface area (Å²) in [6.07, 6.45) is 1.92. The fraction of sp³-hybridized carbons (Fsp3) is 0.357. The predicted octanol–water partition coefficient (Wildman–Crippen LogP) is 4.68. The van der Waals surface area contributed by atoms with Crippen molar-refractivity contribution < 1.29 is 4.74 Å². The van der Waals surface area contributed by atoms with E-state index in [9.17, 15) is 0 Å². The molecule has 0 saturated heterocycles. The van der Waals surface area contributed by atoms with Crippen LogP contribution in [0.2, 0.25) is 5.02 Å². The van der Waals surface area contributed by atoms with Crippen LogP contribution in [0.4, 0.5) is 0 Å². The van der Waals surface area contributed by atoms with E-state index in [4.69, 9.17) is 27.9 Å². The smallest absolute Gasteiger partial charge is 0.0929 e. The van der Waals surface area contributed by atoms with Crippen LogP contribution in [0.3, 0.4) is 0 Å². The molecule has 0 aliphatic heterocycles. The number of aryl methyl sites for hydroxylation is 1. The third-order valence-electron chi connectivity index (χ3n) is 2.60. The maximum Gasteiger partial charge on any atom is 0.0929 e. The van der Waals surface area contributed by atoms with Crippen LogP contribution in [-0.4, -0.2) is 11.6 Å². The topological polar surface area (TPSA) is 22.1 Å². The van der Waals surface area contributed by atoms with Gasteiger partial charge in [0.2, 0.25) is 0 Å². The number of thiazole rings is 1. The lowest BCUT2D eigenvalue weighted by Gasteiger charge is -2.03. The highest BCUT2D eigenvalue weighted by atomic mass is 35.5. The van der Waals surface area contributed by atoms with Gasteiger partial charge in [0, 0.05) is 23.4 Å². The van der Waals surface area contributed by atoms with Crippen LogP contribution in [0, 0.1) is 0 Å². The van der Waals surface area contributed by atoms with Gasteiger partial charge in [-0.1, -0.05) is 23.7 Å². The van der Waals surface area contributed by atoms with Gasteiger partial charge in [0.1, 0.15) is 0 Å². The van der Waals surface area contributed by atoms with E-state index in [-0.39, 0.29) is 0 Å². The SMILES string of the molecule is ClCc1csc(CCCOCc2ccc(Cl)cc2)n1. The standard InChI is InChI=1S/C14H15Cl2NOS/c15-8-13-10-19-14(17-13)2-1-7-18-9-11-3-5-12(16)6-4-11/h3-6,10H,1-2,7-9H2. The number of hydrogen-bond acceptors (Lipinski definition) is 3. The maximum atomic E-state index is 5.82. The number of alkyl halides is 1. The van der Waals surface area contributed by atoms with Crippen LogP contribution in [0.15, 0.2) is 29.6 Å². The Labute approximate surface area is 127 Å². The van der Waals surface area contributed by atoms with Crippen molar-refractivity contribution in [3.05, 3.63) is 50.9 Å². The van der Waals surface area contributed by atoms with E-state index in [1.165, 1.54) is 0 Å². The molecular weight excluding hydrogens is 301 g/mol. The molecule has 0 saturated carbocycles. The Morgan fingerprint density at radius 1 is 1.21 bits per heavy atom. The molecule has 2 rings (SSSR count). The summed E-state index contributed by atoms with van der Waals surface area (Å²) in [5.41, 5.74) is 2.10. The van der Waals surface area contributed by atoms with E-state index in [2.05, 4.69) is 4.98 Å². The van der Waals surface area contributed by atoms with Gasteiger partial charge in [0.15, 0.2) is 0 Å². The molecule has 0 aliphatic rings. The van der Waals surface area contributed by atoms with Gasteiger partial charge in [-0.15, -0.1) is 22.9 Å². The van der Waals surface area contributed by atoms with Crippen molar-refractivity contribution in [2.24, 2.45) is 0 Å². The molecule has 102 valence electrons. The predicted molar refractivity (Wildman–Crippen MR) is 81.1 cm³/mol. The van der Waals surface area contributed by atoms with Gasteiger partial charge in [-0.05, 0) is 24.1 Å². The molecule has 0 N–H and O–H groups in total. The lowest BCUT2D eigenvalue weighted by atomic mass is 10.2. The van der Waals surface area contributed by atoms with E-state index in [1.54, 1.807) is 11.3 Å². The number of rotatable bonds is 7. The molecule has 0 atom stereocenters. The molecule has 1 heterocycles. The highest BCUT2D eigenvalue weighted by Crippen LogP contribution is 2.14. The number of nitrogens with zero attached hydrogens (tertiary/aromatic N) is 1. The average Bonchev–Trinajstić information content (AvgIpc) is 2.88.